The highest BCUT2D eigenvalue weighted by molar-refractivity contribution is 5.37. The molecule has 0 saturated carbocycles. The summed E-state index contributed by atoms with van der Waals surface area (Å²) in [6.45, 7) is 7.55. The zero-order valence-corrected chi connectivity index (χ0v) is 8.42. The largest absolute Gasteiger partial charge is 0.504 e. The minimum absolute atomic E-state index is 0.175. The molecule has 0 unspecified atom stereocenters. The molecule has 2 N–H and O–H groups in total. The van der Waals surface area contributed by atoms with Crippen LogP contribution in [0.25, 0.3) is 0 Å². The van der Waals surface area contributed by atoms with Crippen molar-refractivity contribution in [2.24, 2.45) is 0 Å². The molecule has 0 aliphatic rings. The van der Waals surface area contributed by atoms with E-state index >= 15 is 0 Å². The van der Waals surface area contributed by atoms with E-state index in [0.29, 0.717) is 23.4 Å². The number of aromatic hydroxyl groups is 1. The van der Waals surface area contributed by atoms with Gasteiger partial charge in [0.15, 0.2) is 5.75 Å². The summed E-state index contributed by atoms with van der Waals surface area (Å²) in [5, 5.41) is 12.5. The number of hydrogen-bond acceptors (Lipinski definition) is 4. The first kappa shape index (κ1) is 9.77. The van der Waals surface area contributed by atoms with Gasteiger partial charge in [-0.25, -0.2) is 9.97 Å². The van der Waals surface area contributed by atoms with Crippen LogP contribution < -0.4 is 5.32 Å². The van der Waals surface area contributed by atoms with Crippen LogP contribution >= 0.6 is 0 Å². The Morgan fingerprint density at radius 1 is 1.15 bits per heavy atom. The van der Waals surface area contributed by atoms with Crippen LogP contribution in [-0.2, 0) is 0 Å². The van der Waals surface area contributed by atoms with E-state index in [2.05, 4.69) is 15.3 Å². The number of nitrogens with one attached hydrogen (secondary N) is 1. The SMILES string of the molecule is Cc1nc(NC(C)C)nc(C)c1O. The van der Waals surface area contributed by atoms with Crippen molar-refractivity contribution in [1.29, 1.82) is 0 Å². The van der Waals surface area contributed by atoms with Gasteiger partial charge in [-0.1, -0.05) is 0 Å². The molecule has 0 bridgehead atoms. The Bertz CT molecular complexity index is 287. The number of aromatic nitrogens is 2. The van der Waals surface area contributed by atoms with Crippen LogP contribution in [0, 0.1) is 13.8 Å². The summed E-state index contributed by atoms with van der Waals surface area (Å²) in [7, 11) is 0. The van der Waals surface area contributed by atoms with Gasteiger partial charge in [0.2, 0.25) is 5.95 Å². The third-order valence-corrected chi connectivity index (χ3v) is 1.65. The second-order valence-corrected chi connectivity index (χ2v) is 3.37. The van der Waals surface area contributed by atoms with Crippen molar-refractivity contribution < 1.29 is 5.11 Å². The maximum absolute atomic E-state index is 9.41. The molecule has 0 fully saturated rings. The molecule has 1 aromatic rings. The van der Waals surface area contributed by atoms with Gasteiger partial charge in [0.25, 0.3) is 0 Å². The summed E-state index contributed by atoms with van der Waals surface area (Å²) in [5.41, 5.74) is 1.21. The van der Waals surface area contributed by atoms with Crippen LogP contribution in [0.2, 0.25) is 0 Å². The van der Waals surface area contributed by atoms with Crippen LogP contribution in [0.4, 0.5) is 5.95 Å². The Kier molecular flexibility index (Phi) is 2.70. The molecule has 1 aromatic heterocycles. The fourth-order valence-corrected chi connectivity index (χ4v) is 1.03. The smallest absolute Gasteiger partial charge is 0.223 e. The Morgan fingerprint density at radius 2 is 1.62 bits per heavy atom. The Labute approximate surface area is 78.0 Å². The first-order valence-corrected chi connectivity index (χ1v) is 4.31. The summed E-state index contributed by atoms with van der Waals surface area (Å²) in [6, 6.07) is 0.295. The second-order valence-electron chi connectivity index (χ2n) is 3.37. The maximum atomic E-state index is 9.41. The van der Waals surface area contributed by atoms with Crippen LogP contribution in [0.3, 0.4) is 0 Å². The lowest BCUT2D eigenvalue weighted by molar-refractivity contribution is 0.459. The Balaban J connectivity index is 2.99. The predicted molar refractivity (Wildman–Crippen MR) is 51.9 cm³/mol. The van der Waals surface area contributed by atoms with Crippen LogP contribution in [0.5, 0.6) is 5.75 Å². The Hall–Kier alpha value is -1.32. The van der Waals surface area contributed by atoms with Gasteiger partial charge in [-0.3, -0.25) is 0 Å². The van der Waals surface area contributed by atoms with Gasteiger partial charge in [-0.05, 0) is 27.7 Å². The van der Waals surface area contributed by atoms with Gasteiger partial charge in [0.05, 0.1) is 11.4 Å². The zero-order chi connectivity index (χ0) is 10.0. The molecule has 72 valence electrons. The summed E-state index contributed by atoms with van der Waals surface area (Å²) >= 11 is 0. The van der Waals surface area contributed by atoms with Crippen molar-refractivity contribution >= 4 is 5.95 Å². The fraction of sp³-hybridized carbons (Fsp3) is 0.556. The number of rotatable bonds is 2. The molecule has 0 radical (unpaired) electrons. The number of aryl methyl sites for hydroxylation is 2. The summed E-state index contributed by atoms with van der Waals surface area (Å²) in [4.78, 5) is 8.20. The number of anilines is 1. The third-order valence-electron chi connectivity index (χ3n) is 1.65. The molecule has 4 heteroatoms. The molecule has 0 atom stereocenters. The number of nitrogens with zero attached hydrogens (tertiary/aromatic N) is 2. The fourth-order valence-electron chi connectivity index (χ4n) is 1.03. The quantitative estimate of drug-likeness (QED) is 0.728. The summed E-state index contributed by atoms with van der Waals surface area (Å²) in [5.74, 6) is 0.747. The molecule has 0 spiro atoms. The minimum atomic E-state index is 0.175. The molecule has 1 rings (SSSR count). The Morgan fingerprint density at radius 3 is 2.00 bits per heavy atom. The van der Waals surface area contributed by atoms with Gasteiger partial charge < -0.3 is 10.4 Å². The van der Waals surface area contributed by atoms with Crippen LogP contribution in [0.15, 0.2) is 0 Å². The minimum Gasteiger partial charge on any atom is -0.504 e. The lowest BCUT2D eigenvalue weighted by Gasteiger charge is -2.10. The monoisotopic (exact) mass is 181 g/mol. The van der Waals surface area contributed by atoms with E-state index in [0.717, 1.165) is 0 Å². The van der Waals surface area contributed by atoms with E-state index in [1.54, 1.807) is 13.8 Å². The normalized spacial score (nSPS) is 10.5. The highest BCUT2D eigenvalue weighted by Crippen LogP contribution is 2.18. The van der Waals surface area contributed by atoms with Crippen molar-refractivity contribution in [1.82, 2.24) is 9.97 Å². The van der Waals surface area contributed by atoms with Crippen LogP contribution in [0.1, 0.15) is 25.2 Å². The van der Waals surface area contributed by atoms with E-state index < -0.39 is 0 Å². The van der Waals surface area contributed by atoms with E-state index in [1.807, 2.05) is 13.8 Å². The molecule has 0 aliphatic carbocycles. The highest BCUT2D eigenvalue weighted by atomic mass is 16.3. The lowest BCUT2D eigenvalue weighted by Crippen LogP contribution is -2.13. The number of hydrogen-bond donors (Lipinski definition) is 2. The molecular formula is C9H15N3O. The molecule has 1 heterocycles. The molecule has 13 heavy (non-hydrogen) atoms. The molecular weight excluding hydrogens is 166 g/mol. The van der Waals surface area contributed by atoms with Gasteiger partial charge in [-0.2, -0.15) is 0 Å². The van der Waals surface area contributed by atoms with Crippen molar-refractivity contribution in [3.05, 3.63) is 11.4 Å². The topological polar surface area (TPSA) is 58.0 Å². The zero-order valence-electron chi connectivity index (χ0n) is 8.42. The molecule has 0 aliphatic heterocycles. The predicted octanol–water partition coefficient (Wildman–Crippen LogP) is 1.62. The van der Waals surface area contributed by atoms with Crippen molar-refractivity contribution in [2.45, 2.75) is 33.7 Å². The maximum Gasteiger partial charge on any atom is 0.223 e. The molecule has 0 saturated heterocycles. The average molecular weight is 181 g/mol. The molecule has 0 aromatic carbocycles. The van der Waals surface area contributed by atoms with E-state index in [-0.39, 0.29) is 5.75 Å². The van der Waals surface area contributed by atoms with Crippen molar-refractivity contribution in [2.75, 3.05) is 5.32 Å². The highest BCUT2D eigenvalue weighted by Gasteiger charge is 2.06. The van der Waals surface area contributed by atoms with Gasteiger partial charge in [-0.15, -0.1) is 0 Å². The molecule has 4 nitrogen and oxygen atoms in total. The van der Waals surface area contributed by atoms with Crippen molar-refractivity contribution in [3.63, 3.8) is 0 Å². The van der Waals surface area contributed by atoms with Gasteiger partial charge >= 0.3 is 0 Å². The van der Waals surface area contributed by atoms with E-state index in [9.17, 15) is 5.11 Å². The second kappa shape index (κ2) is 3.60. The van der Waals surface area contributed by atoms with Gasteiger partial charge in [0, 0.05) is 6.04 Å². The van der Waals surface area contributed by atoms with Crippen molar-refractivity contribution in [3.8, 4) is 5.75 Å². The first-order chi connectivity index (χ1) is 6.00. The summed E-state index contributed by atoms with van der Waals surface area (Å²) in [6.07, 6.45) is 0. The lowest BCUT2D eigenvalue weighted by atomic mass is 10.3. The van der Waals surface area contributed by atoms with Crippen LogP contribution in [-0.4, -0.2) is 21.1 Å². The standard InChI is InChI=1S/C9H15N3O/c1-5(2)10-9-11-6(3)8(13)7(4)12-9/h5,13H,1-4H3,(H,10,11,12). The van der Waals surface area contributed by atoms with E-state index in [1.165, 1.54) is 0 Å². The van der Waals surface area contributed by atoms with Gasteiger partial charge in [0.1, 0.15) is 0 Å². The first-order valence-electron chi connectivity index (χ1n) is 4.31. The average Bonchev–Trinajstić information content (AvgIpc) is 1.98. The summed E-state index contributed by atoms with van der Waals surface area (Å²) < 4.78 is 0. The third kappa shape index (κ3) is 2.31. The van der Waals surface area contributed by atoms with E-state index in [4.69, 9.17) is 0 Å². The molecule has 0 amide bonds.